The molecule has 0 spiro atoms. The predicted molar refractivity (Wildman–Crippen MR) is 71.1 cm³/mol. The average molecular weight is 237 g/mol. The number of carbonyl (C=O) groups excluding carboxylic acids is 1. The van der Waals surface area contributed by atoms with Crippen LogP contribution in [0.4, 0.5) is 0 Å². The Morgan fingerprint density at radius 1 is 1.18 bits per heavy atom. The van der Waals surface area contributed by atoms with Crippen LogP contribution in [0.2, 0.25) is 0 Å². The van der Waals surface area contributed by atoms with Crippen LogP contribution >= 0.6 is 0 Å². The van der Waals surface area contributed by atoms with Crippen LogP contribution in [-0.2, 0) is 4.79 Å². The van der Waals surface area contributed by atoms with Crippen LogP contribution in [0.1, 0.15) is 64.7 Å². The zero-order valence-electron chi connectivity index (χ0n) is 11.3. The molecule has 0 aromatic heterocycles. The van der Waals surface area contributed by atoms with Crippen molar-refractivity contribution in [2.24, 2.45) is 5.92 Å². The molecule has 0 radical (unpaired) electrons. The molecule has 17 heavy (non-hydrogen) atoms. The number of Topliss-reactive ketones (excluding diaryl/α,β-unsaturated/α-hetero) is 1. The van der Waals surface area contributed by atoms with E-state index >= 15 is 0 Å². The number of fused-ring (bicyclic) bond motifs is 1. The lowest BCUT2D eigenvalue weighted by molar-refractivity contribution is -0.119. The van der Waals surface area contributed by atoms with Gasteiger partial charge in [0, 0.05) is 18.9 Å². The highest BCUT2D eigenvalue weighted by Crippen LogP contribution is 2.35. The SMILES string of the molecule is CCC(=O)CCCN1CCCC2CCCCC21. The second-order valence-electron chi connectivity index (χ2n) is 5.79. The fourth-order valence-electron chi connectivity index (χ4n) is 3.66. The summed E-state index contributed by atoms with van der Waals surface area (Å²) in [7, 11) is 0. The van der Waals surface area contributed by atoms with Crippen molar-refractivity contribution in [3.8, 4) is 0 Å². The van der Waals surface area contributed by atoms with E-state index in [1.807, 2.05) is 6.92 Å². The maximum absolute atomic E-state index is 11.3. The molecular formula is C15H27NO. The molecule has 2 atom stereocenters. The molecule has 1 saturated carbocycles. The summed E-state index contributed by atoms with van der Waals surface area (Å²) in [4.78, 5) is 14.0. The summed E-state index contributed by atoms with van der Waals surface area (Å²) >= 11 is 0. The summed E-state index contributed by atoms with van der Waals surface area (Å²) in [5.74, 6) is 1.40. The maximum Gasteiger partial charge on any atom is 0.132 e. The second kappa shape index (κ2) is 6.53. The first kappa shape index (κ1) is 13.1. The highest BCUT2D eigenvalue weighted by Gasteiger charge is 2.32. The van der Waals surface area contributed by atoms with Crippen LogP contribution in [-0.4, -0.2) is 29.8 Å². The van der Waals surface area contributed by atoms with Crippen molar-refractivity contribution in [2.45, 2.75) is 70.8 Å². The van der Waals surface area contributed by atoms with Crippen molar-refractivity contribution in [3.05, 3.63) is 0 Å². The first-order valence-electron chi connectivity index (χ1n) is 7.57. The zero-order valence-corrected chi connectivity index (χ0v) is 11.3. The summed E-state index contributed by atoms with van der Waals surface area (Å²) in [5, 5.41) is 0. The molecule has 1 aliphatic carbocycles. The average Bonchev–Trinajstić information content (AvgIpc) is 2.39. The van der Waals surface area contributed by atoms with Crippen molar-refractivity contribution in [3.63, 3.8) is 0 Å². The van der Waals surface area contributed by atoms with E-state index in [4.69, 9.17) is 0 Å². The molecule has 2 rings (SSSR count). The molecule has 2 unspecified atom stereocenters. The molecule has 0 amide bonds. The van der Waals surface area contributed by atoms with Crippen LogP contribution in [0.15, 0.2) is 0 Å². The summed E-state index contributed by atoms with van der Waals surface area (Å²) in [6.45, 7) is 4.41. The quantitative estimate of drug-likeness (QED) is 0.730. The third-order valence-electron chi connectivity index (χ3n) is 4.65. The van der Waals surface area contributed by atoms with Gasteiger partial charge in [-0.15, -0.1) is 0 Å². The van der Waals surface area contributed by atoms with Gasteiger partial charge in [-0.05, 0) is 51.1 Å². The van der Waals surface area contributed by atoms with Gasteiger partial charge >= 0.3 is 0 Å². The Balaban J connectivity index is 1.76. The Labute approximate surface area is 106 Å². The topological polar surface area (TPSA) is 20.3 Å². The zero-order chi connectivity index (χ0) is 12.1. The number of hydrogen-bond donors (Lipinski definition) is 0. The van der Waals surface area contributed by atoms with Crippen LogP contribution in [0.3, 0.4) is 0 Å². The standard InChI is InChI=1S/C15H27NO/c1-2-14(17)9-6-12-16-11-5-8-13-7-3-4-10-15(13)16/h13,15H,2-12H2,1H3. The van der Waals surface area contributed by atoms with Crippen molar-refractivity contribution >= 4 is 5.78 Å². The molecule has 0 bridgehead atoms. The molecule has 0 aromatic carbocycles. The van der Waals surface area contributed by atoms with E-state index in [9.17, 15) is 4.79 Å². The van der Waals surface area contributed by atoms with Crippen molar-refractivity contribution in [2.75, 3.05) is 13.1 Å². The Bertz CT molecular complexity index is 249. The molecule has 2 nitrogen and oxygen atoms in total. The van der Waals surface area contributed by atoms with E-state index in [1.165, 1.54) is 45.1 Å². The monoisotopic (exact) mass is 237 g/mol. The smallest absolute Gasteiger partial charge is 0.132 e. The third kappa shape index (κ3) is 3.54. The van der Waals surface area contributed by atoms with Crippen molar-refractivity contribution in [1.29, 1.82) is 0 Å². The molecule has 1 saturated heterocycles. The van der Waals surface area contributed by atoms with Crippen LogP contribution in [0.5, 0.6) is 0 Å². The Hall–Kier alpha value is -0.370. The van der Waals surface area contributed by atoms with Gasteiger partial charge in [-0.25, -0.2) is 0 Å². The van der Waals surface area contributed by atoms with Crippen LogP contribution in [0, 0.1) is 5.92 Å². The molecule has 1 aliphatic heterocycles. The normalized spacial score (nSPS) is 29.9. The Kier molecular flexibility index (Phi) is 5.02. The number of carbonyl (C=O) groups is 1. The lowest BCUT2D eigenvalue weighted by Gasteiger charge is -2.44. The molecule has 2 fully saturated rings. The van der Waals surface area contributed by atoms with E-state index in [0.717, 1.165) is 31.3 Å². The number of hydrogen-bond acceptors (Lipinski definition) is 2. The molecule has 98 valence electrons. The molecule has 1 heterocycles. The molecule has 0 aromatic rings. The number of ketones is 1. The van der Waals surface area contributed by atoms with Gasteiger partial charge in [0.2, 0.25) is 0 Å². The summed E-state index contributed by atoms with van der Waals surface area (Å²) in [6, 6.07) is 0.856. The molecule has 2 heteroatoms. The minimum atomic E-state index is 0.433. The molecular weight excluding hydrogens is 210 g/mol. The highest BCUT2D eigenvalue weighted by atomic mass is 16.1. The van der Waals surface area contributed by atoms with Crippen molar-refractivity contribution < 1.29 is 4.79 Å². The maximum atomic E-state index is 11.3. The van der Waals surface area contributed by atoms with Crippen LogP contribution < -0.4 is 0 Å². The summed E-state index contributed by atoms with van der Waals surface area (Å²) in [5.41, 5.74) is 0. The highest BCUT2D eigenvalue weighted by molar-refractivity contribution is 5.77. The summed E-state index contributed by atoms with van der Waals surface area (Å²) in [6.07, 6.45) is 11.2. The number of rotatable bonds is 5. The van der Waals surface area contributed by atoms with Gasteiger partial charge in [0.25, 0.3) is 0 Å². The Morgan fingerprint density at radius 3 is 2.76 bits per heavy atom. The van der Waals surface area contributed by atoms with Gasteiger partial charge < -0.3 is 4.90 Å². The number of piperidine rings is 1. The third-order valence-corrected chi connectivity index (χ3v) is 4.65. The summed E-state index contributed by atoms with van der Waals surface area (Å²) < 4.78 is 0. The Morgan fingerprint density at radius 2 is 1.94 bits per heavy atom. The van der Waals surface area contributed by atoms with Gasteiger partial charge in [-0.1, -0.05) is 19.8 Å². The minimum absolute atomic E-state index is 0.433. The van der Waals surface area contributed by atoms with E-state index in [2.05, 4.69) is 4.90 Å². The van der Waals surface area contributed by atoms with Crippen molar-refractivity contribution in [1.82, 2.24) is 4.90 Å². The van der Waals surface area contributed by atoms with E-state index < -0.39 is 0 Å². The predicted octanol–water partition coefficient (Wildman–Crippen LogP) is 3.40. The van der Waals surface area contributed by atoms with Gasteiger partial charge in [0.05, 0.1) is 0 Å². The lowest BCUT2D eigenvalue weighted by atomic mass is 9.78. The number of nitrogens with zero attached hydrogens (tertiary/aromatic N) is 1. The molecule has 0 N–H and O–H groups in total. The van der Waals surface area contributed by atoms with Gasteiger partial charge in [0.15, 0.2) is 0 Å². The first-order chi connectivity index (χ1) is 8.31. The van der Waals surface area contributed by atoms with Gasteiger partial charge in [-0.3, -0.25) is 4.79 Å². The fourth-order valence-corrected chi connectivity index (χ4v) is 3.66. The fraction of sp³-hybridized carbons (Fsp3) is 0.933. The van der Waals surface area contributed by atoms with Crippen LogP contribution in [0.25, 0.3) is 0 Å². The van der Waals surface area contributed by atoms with Gasteiger partial charge in [0.1, 0.15) is 5.78 Å². The van der Waals surface area contributed by atoms with E-state index in [1.54, 1.807) is 0 Å². The molecule has 2 aliphatic rings. The lowest BCUT2D eigenvalue weighted by Crippen LogP contribution is -2.47. The number of likely N-dealkylation sites (tertiary alicyclic amines) is 1. The van der Waals surface area contributed by atoms with E-state index in [0.29, 0.717) is 12.2 Å². The second-order valence-corrected chi connectivity index (χ2v) is 5.79. The minimum Gasteiger partial charge on any atom is -0.300 e. The van der Waals surface area contributed by atoms with Gasteiger partial charge in [-0.2, -0.15) is 0 Å². The largest absolute Gasteiger partial charge is 0.300 e. The first-order valence-corrected chi connectivity index (χ1v) is 7.57. The van der Waals surface area contributed by atoms with E-state index in [-0.39, 0.29) is 0 Å².